The van der Waals surface area contributed by atoms with Crippen molar-refractivity contribution >= 4 is 29.6 Å². The van der Waals surface area contributed by atoms with Gasteiger partial charge >= 0.3 is 0 Å². The van der Waals surface area contributed by atoms with Crippen LogP contribution in [0.5, 0.6) is 0 Å². The lowest BCUT2D eigenvalue weighted by atomic mass is 10.1. The number of nitro benzene ring substituents is 1. The Balaban J connectivity index is 1.92. The summed E-state index contributed by atoms with van der Waals surface area (Å²) in [5.41, 5.74) is 4.98. The van der Waals surface area contributed by atoms with Gasteiger partial charge in [0.2, 0.25) is 5.91 Å². The summed E-state index contributed by atoms with van der Waals surface area (Å²) < 4.78 is 0. The summed E-state index contributed by atoms with van der Waals surface area (Å²) in [6.45, 7) is 3.81. The molecule has 0 aliphatic rings. The van der Waals surface area contributed by atoms with Crippen molar-refractivity contribution in [3.8, 4) is 0 Å². The summed E-state index contributed by atoms with van der Waals surface area (Å²) in [6, 6.07) is 12.3. The zero-order valence-electron chi connectivity index (χ0n) is 13.4. The van der Waals surface area contributed by atoms with Gasteiger partial charge in [0.25, 0.3) is 5.69 Å². The molecule has 0 atom stereocenters. The van der Waals surface area contributed by atoms with E-state index >= 15 is 0 Å². The average molecular weight is 343 g/mol. The molecule has 2 aromatic carbocycles. The number of nitrogens with one attached hydrogen (secondary N) is 1. The fraction of sp³-hybridized carbons (Fsp3) is 0.176. The Morgan fingerprint density at radius 2 is 2.00 bits per heavy atom. The van der Waals surface area contributed by atoms with Crippen LogP contribution < -0.4 is 5.43 Å². The van der Waals surface area contributed by atoms with E-state index in [-0.39, 0.29) is 17.3 Å². The van der Waals surface area contributed by atoms with Gasteiger partial charge < -0.3 is 0 Å². The number of thioether (sulfide) groups is 1. The van der Waals surface area contributed by atoms with Gasteiger partial charge in [-0.1, -0.05) is 24.3 Å². The molecule has 1 amide bonds. The smallest absolute Gasteiger partial charge is 0.270 e. The van der Waals surface area contributed by atoms with Gasteiger partial charge in [-0.05, 0) is 31.0 Å². The number of rotatable bonds is 6. The van der Waals surface area contributed by atoms with Crippen LogP contribution in [-0.4, -0.2) is 22.8 Å². The first-order valence-corrected chi connectivity index (χ1v) is 8.21. The van der Waals surface area contributed by atoms with Gasteiger partial charge in [0.15, 0.2) is 0 Å². The zero-order chi connectivity index (χ0) is 17.5. The molecule has 6 nitrogen and oxygen atoms in total. The predicted octanol–water partition coefficient (Wildman–Crippen LogP) is 3.45. The van der Waals surface area contributed by atoms with Crippen LogP contribution in [0.1, 0.15) is 16.7 Å². The summed E-state index contributed by atoms with van der Waals surface area (Å²) in [6.07, 6.45) is 1.42. The van der Waals surface area contributed by atoms with E-state index in [0.717, 1.165) is 16.0 Å². The largest absolute Gasteiger partial charge is 0.272 e. The van der Waals surface area contributed by atoms with Crippen LogP contribution in [-0.2, 0) is 4.79 Å². The number of carbonyl (C=O) groups is 1. The molecule has 0 spiro atoms. The Morgan fingerprint density at radius 1 is 1.25 bits per heavy atom. The molecular formula is C17H17N3O3S. The van der Waals surface area contributed by atoms with Crippen molar-refractivity contribution in [1.82, 2.24) is 5.43 Å². The van der Waals surface area contributed by atoms with Crippen molar-refractivity contribution in [3.05, 3.63) is 69.3 Å². The third-order valence-electron chi connectivity index (χ3n) is 3.32. The van der Waals surface area contributed by atoms with Crippen LogP contribution in [0.2, 0.25) is 0 Å². The highest BCUT2D eigenvalue weighted by Crippen LogP contribution is 2.21. The van der Waals surface area contributed by atoms with Crippen LogP contribution in [0.4, 0.5) is 5.69 Å². The molecule has 2 aromatic rings. The van der Waals surface area contributed by atoms with Gasteiger partial charge in [-0.2, -0.15) is 5.10 Å². The third kappa shape index (κ3) is 4.92. The first kappa shape index (κ1) is 17.7. The zero-order valence-corrected chi connectivity index (χ0v) is 14.2. The summed E-state index contributed by atoms with van der Waals surface area (Å²) in [7, 11) is 0. The first-order chi connectivity index (χ1) is 11.5. The molecule has 0 saturated carbocycles. The SMILES string of the molecule is Cc1ccc([N+](=O)[O-])cc1C=NNC(=O)CSc1ccccc1C. The predicted molar refractivity (Wildman–Crippen MR) is 95.5 cm³/mol. The van der Waals surface area contributed by atoms with Crippen LogP contribution in [0.15, 0.2) is 52.5 Å². The maximum absolute atomic E-state index is 11.8. The molecule has 0 bridgehead atoms. The normalized spacial score (nSPS) is 10.8. The average Bonchev–Trinajstić information content (AvgIpc) is 2.55. The van der Waals surface area contributed by atoms with E-state index in [4.69, 9.17) is 0 Å². The van der Waals surface area contributed by atoms with Gasteiger partial charge in [0.05, 0.1) is 16.9 Å². The van der Waals surface area contributed by atoms with Crippen LogP contribution in [0.25, 0.3) is 0 Å². The number of hydrogen-bond acceptors (Lipinski definition) is 5. The maximum atomic E-state index is 11.8. The van der Waals surface area contributed by atoms with Gasteiger partial charge in [0, 0.05) is 22.6 Å². The fourth-order valence-corrected chi connectivity index (χ4v) is 2.77. The van der Waals surface area contributed by atoms with Crippen molar-refractivity contribution in [2.45, 2.75) is 18.7 Å². The molecule has 0 aliphatic carbocycles. The number of non-ortho nitro benzene ring substituents is 1. The second kappa shape index (κ2) is 8.26. The minimum atomic E-state index is -0.464. The quantitative estimate of drug-likeness (QED) is 0.377. The summed E-state index contributed by atoms with van der Waals surface area (Å²) >= 11 is 1.44. The Kier molecular flexibility index (Phi) is 6.08. The number of aryl methyl sites for hydroxylation is 2. The molecule has 0 unspecified atom stereocenters. The summed E-state index contributed by atoms with van der Waals surface area (Å²) in [5, 5.41) is 14.7. The monoisotopic (exact) mass is 343 g/mol. The van der Waals surface area contributed by atoms with Gasteiger partial charge in [-0.15, -0.1) is 11.8 Å². The summed E-state index contributed by atoms with van der Waals surface area (Å²) in [5.74, 6) is 0.0124. The molecule has 0 fully saturated rings. The lowest BCUT2D eigenvalue weighted by molar-refractivity contribution is -0.384. The second-order valence-corrected chi connectivity index (χ2v) is 6.16. The Labute approximate surface area is 144 Å². The van der Waals surface area contributed by atoms with E-state index in [2.05, 4.69) is 10.5 Å². The van der Waals surface area contributed by atoms with Crippen molar-refractivity contribution < 1.29 is 9.72 Å². The Bertz CT molecular complexity index is 790. The van der Waals surface area contributed by atoms with E-state index in [1.54, 1.807) is 6.07 Å². The fourth-order valence-electron chi connectivity index (χ4n) is 1.95. The molecule has 0 saturated heterocycles. The van der Waals surface area contributed by atoms with Crippen molar-refractivity contribution in [1.29, 1.82) is 0 Å². The molecular weight excluding hydrogens is 326 g/mol. The van der Waals surface area contributed by atoms with Crippen LogP contribution in [0.3, 0.4) is 0 Å². The van der Waals surface area contributed by atoms with Crippen LogP contribution in [0, 0.1) is 24.0 Å². The molecule has 7 heteroatoms. The number of hydrogen-bond donors (Lipinski definition) is 1. The number of hydrazone groups is 1. The number of benzene rings is 2. The second-order valence-electron chi connectivity index (χ2n) is 5.15. The van der Waals surface area contributed by atoms with E-state index in [0.29, 0.717) is 5.56 Å². The van der Waals surface area contributed by atoms with Crippen molar-refractivity contribution in [2.75, 3.05) is 5.75 Å². The minimum Gasteiger partial charge on any atom is -0.272 e. The first-order valence-electron chi connectivity index (χ1n) is 7.23. The van der Waals surface area contributed by atoms with Gasteiger partial charge in [-0.25, -0.2) is 5.43 Å². The molecule has 1 N–H and O–H groups in total. The number of nitro groups is 1. The lowest BCUT2D eigenvalue weighted by Gasteiger charge is -2.04. The van der Waals surface area contributed by atoms with E-state index < -0.39 is 4.92 Å². The minimum absolute atomic E-state index is 0.0107. The van der Waals surface area contributed by atoms with E-state index in [9.17, 15) is 14.9 Å². The molecule has 24 heavy (non-hydrogen) atoms. The maximum Gasteiger partial charge on any atom is 0.270 e. The van der Waals surface area contributed by atoms with Gasteiger partial charge in [-0.3, -0.25) is 14.9 Å². The van der Waals surface area contributed by atoms with Crippen molar-refractivity contribution in [3.63, 3.8) is 0 Å². The molecule has 2 rings (SSSR count). The number of nitrogens with zero attached hydrogens (tertiary/aromatic N) is 2. The summed E-state index contributed by atoms with van der Waals surface area (Å²) in [4.78, 5) is 23.2. The lowest BCUT2D eigenvalue weighted by Crippen LogP contribution is -2.19. The highest BCUT2D eigenvalue weighted by atomic mass is 32.2. The number of carbonyl (C=O) groups excluding carboxylic acids is 1. The molecule has 0 radical (unpaired) electrons. The van der Waals surface area contributed by atoms with Crippen LogP contribution >= 0.6 is 11.8 Å². The number of amides is 1. The Morgan fingerprint density at radius 3 is 2.71 bits per heavy atom. The van der Waals surface area contributed by atoms with E-state index in [1.807, 2.05) is 38.1 Å². The highest BCUT2D eigenvalue weighted by molar-refractivity contribution is 8.00. The highest BCUT2D eigenvalue weighted by Gasteiger charge is 2.07. The molecule has 0 aliphatic heterocycles. The van der Waals surface area contributed by atoms with E-state index in [1.165, 1.54) is 30.1 Å². The topological polar surface area (TPSA) is 84.6 Å². The van der Waals surface area contributed by atoms with Crippen molar-refractivity contribution in [2.24, 2.45) is 5.10 Å². The molecule has 0 heterocycles. The van der Waals surface area contributed by atoms with Gasteiger partial charge in [0.1, 0.15) is 0 Å². The molecule has 0 aromatic heterocycles. The standard InChI is InChI=1S/C17H17N3O3S/c1-12-7-8-15(20(22)23)9-14(12)10-18-19-17(21)11-24-16-6-4-3-5-13(16)2/h3-10H,11H2,1-2H3,(H,19,21). The Hall–Kier alpha value is -2.67. The third-order valence-corrected chi connectivity index (χ3v) is 4.49. The molecule has 124 valence electrons.